The summed E-state index contributed by atoms with van der Waals surface area (Å²) in [7, 11) is 0. The molecule has 1 aliphatic rings. The highest BCUT2D eigenvalue weighted by atomic mass is 35.5. The molecule has 0 aliphatic carbocycles. The number of thiophene rings is 1. The quantitative estimate of drug-likeness (QED) is 0.778. The maximum Gasteiger partial charge on any atom is 0.0894 e. The average molecular weight is 350 g/mol. The van der Waals surface area contributed by atoms with Crippen LogP contribution in [0.5, 0.6) is 0 Å². The van der Waals surface area contributed by atoms with Gasteiger partial charge in [0.25, 0.3) is 0 Å². The Morgan fingerprint density at radius 1 is 1.13 bits per heavy atom. The first kappa shape index (κ1) is 18.2. The van der Waals surface area contributed by atoms with Crippen molar-refractivity contribution in [1.29, 1.82) is 0 Å². The summed E-state index contributed by atoms with van der Waals surface area (Å²) in [5.41, 5.74) is 2.94. The van der Waals surface area contributed by atoms with Crippen molar-refractivity contribution in [3.63, 3.8) is 0 Å². The van der Waals surface area contributed by atoms with Crippen LogP contribution >= 0.6 is 23.7 Å². The van der Waals surface area contributed by atoms with Gasteiger partial charge >= 0.3 is 0 Å². The highest BCUT2D eigenvalue weighted by Crippen LogP contribution is 2.23. The number of benzene rings is 1. The van der Waals surface area contributed by atoms with Crippen molar-refractivity contribution in [3.8, 4) is 0 Å². The van der Waals surface area contributed by atoms with Gasteiger partial charge in [0, 0.05) is 24.5 Å². The van der Waals surface area contributed by atoms with E-state index in [0.29, 0.717) is 0 Å². The fourth-order valence-electron chi connectivity index (χ4n) is 2.90. The summed E-state index contributed by atoms with van der Waals surface area (Å²) >= 11 is 1.64. The number of aliphatic hydroxyl groups excluding tert-OH is 1. The number of aliphatic hydroxyl groups is 1. The molecule has 0 spiro atoms. The molecule has 0 saturated heterocycles. The molecule has 2 heterocycles. The van der Waals surface area contributed by atoms with Crippen LogP contribution in [0.3, 0.4) is 0 Å². The predicted octanol–water partition coefficient (Wildman–Crippen LogP) is 4.47. The fraction of sp³-hybridized carbons (Fsp3) is 0.368. The van der Waals surface area contributed by atoms with Crippen LogP contribution in [0, 0.1) is 0 Å². The topological polar surface area (TPSA) is 23.5 Å². The minimum atomic E-state index is -0.310. The summed E-state index contributed by atoms with van der Waals surface area (Å²) in [5.74, 6) is 0. The summed E-state index contributed by atoms with van der Waals surface area (Å²) in [6, 6.07) is 14.7. The van der Waals surface area contributed by atoms with Gasteiger partial charge in [-0.25, -0.2) is 0 Å². The average Bonchev–Trinajstić information content (AvgIpc) is 3.09. The second-order valence-electron chi connectivity index (χ2n) is 5.90. The van der Waals surface area contributed by atoms with E-state index in [2.05, 4.69) is 41.3 Å². The summed E-state index contributed by atoms with van der Waals surface area (Å²) in [4.78, 5) is 3.52. The molecule has 1 atom stereocenters. The minimum absolute atomic E-state index is 0. The molecule has 0 amide bonds. The Balaban J connectivity index is 0.00000192. The Kier molecular flexibility index (Phi) is 7.31. The Morgan fingerprint density at radius 3 is 2.61 bits per heavy atom. The van der Waals surface area contributed by atoms with Gasteiger partial charge in [0.2, 0.25) is 0 Å². The second kappa shape index (κ2) is 9.24. The van der Waals surface area contributed by atoms with Crippen molar-refractivity contribution >= 4 is 23.7 Å². The maximum absolute atomic E-state index is 10.2. The lowest BCUT2D eigenvalue weighted by Gasteiger charge is -2.27. The zero-order valence-electron chi connectivity index (χ0n) is 13.2. The molecule has 1 aromatic heterocycles. The molecule has 0 radical (unpaired) electrons. The van der Waals surface area contributed by atoms with Crippen molar-refractivity contribution < 1.29 is 5.11 Å². The largest absolute Gasteiger partial charge is 0.388 e. The van der Waals surface area contributed by atoms with Gasteiger partial charge in [-0.3, -0.25) is 4.90 Å². The lowest BCUT2D eigenvalue weighted by Crippen LogP contribution is -2.30. The lowest BCUT2D eigenvalue weighted by atomic mass is 9.99. The summed E-state index contributed by atoms with van der Waals surface area (Å²) in [5, 5.41) is 12.2. The molecule has 2 nitrogen and oxygen atoms in total. The Bertz CT molecular complexity index is 597. The molecular weight excluding hydrogens is 326 g/mol. The third-order valence-electron chi connectivity index (χ3n) is 4.25. The van der Waals surface area contributed by atoms with E-state index >= 15 is 0 Å². The number of hydrogen-bond donors (Lipinski definition) is 1. The third kappa shape index (κ3) is 5.47. The molecule has 124 valence electrons. The number of hydrogen-bond acceptors (Lipinski definition) is 3. The normalized spacial score (nSPS) is 16.5. The fourth-order valence-corrected chi connectivity index (χ4v) is 3.65. The van der Waals surface area contributed by atoms with E-state index in [1.807, 2.05) is 17.5 Å². The van der Waals surface area contributed by atoms with Crippen molar-refractivity contribution in [2.45, 2.75) is 25.4 Å². The van der Waals surface area contributed by atoms with Crippen LogP contribution < -0.4 is 0 Å². The van der Waals surface area contributed by atoms with E-state index in [9.17, 15) is 5.11 Å². The van der Waals surface area contributed by atoms with Gasteiger partial charge in [-0.05, 0) is 36.3 Å². The molecular formula is C19H24ClNOS. The molecule has 1 aromatic carbocycles. The van der Waals surface area contributed by atoms with Crippen LogP contribution in [-0.4, -0.2) is 29.6 Å². The van der Waals surface area contributed by atoms with Gasteiger partial charge in [0.1, 0.15) is 0 Å². The minimum Gasteiger partial charge on any atom is -0.388 e. The molecule has 1 aliphatic heterocycles. The van der Waals surface area contributed by atoms with Crippen molar-refractivity contribution in [2.24, 2.45) is 0 Å². The Hall–Kier alpha value is -1.13. The molecule has 0 saturated carbocycles. The van der Waals surface area contributed by atoms with Gasteiger partial charge in [-0.1, -0.05) is 48.0 Å². The molecule has 23 heavy (non-hydrogen) atoms. The van der Waals surface area contributed by atoms with Gasteiger partial charge in [-0.2, -0.15) is 0 Å². The Labute approximate surface area is 148 Å². The van der Waals surface area contributed by atoms with E-state index in [4.69, 9.17) is 0 Å². The second-order valence-corrected chi connectivity index (χ2v) is 6.87. The molecule has 4 heteroatoms. The van der Waals surface area contributed by atoms with Gasteiger partial charge in [0.15, 0.2) is 0 Å². The van der Waals surface area contributed by atoms with E-state index in [-0.39, 0.29) is 18.5 Å². The van der Waals surface area contributed by atoms with Gasteiger partial charge in [-0.15, -0.1) is 23.7 Å². The molecule has 0 bridgehead atoms. The van der Waals surface area contributed by atoms with Crippen LogP contribution in [-0.2, 0) is 6.42 Å². The SMILES string of the molecule is Cl.OC(CCN1CC=C(Cc2ccccc2)CC1)c1cccs1. The Morgan fingerprint density at radius 2 is 1.96 bits per heavy atom. The van der Waals surface area contributed by atoms with E-state index < -0.39 is 0 Å². The molecule has 2 aromatic rings. The molecule has 0 fully saturated rings. The highest BCUT2D eigenvalue weighted by molar-refractivity contribution is 7.10. The number of halogens is 1. The van der Waals surface area contributed by atoms with Crippen LogP contribution in [0.15, 0.2) is 59.5 Å². The number of rotatable bonds is 6. The van der Waals surface area contributed by atoms with E-state index in [1.54, 1.807) is 16.9 Å². The van der Waals surface area contributed by atoms with Crippen molar-refractivity contribution in [3.05, 3.63) is 69.9 Å². The van der Waals surface area contributed by atoms with Crippen LogP contribution in [0.4, 0.5) is 0 Å². The van der Waals surface area contributed by atoms with Crippen LogP contribution in [0.1, 0.15) is 29.4 Å². The van der Waals surface area contributed by atoms with Gasteiger partial charge < -0.3 is 5.11 Å². The molecule has 1 unspecified atom stereocenters. The van der Waals surface area contributed by atoms with Gasteiger partial charge in [0.05, 0.1) is 6.10 Å². The van der Waals surface area contributed by atoms with Crippen molar-refractivity contribution in [1.82, 2.24) is 4.90 Å². The number of nitrogens with zero attached hydrogens (tertiary/aromatic N) is 1. The van der Waals surface area contributed by atoms with E-state index in [1.165, 1.54) is 5.56 Å². The summed E-state index contributed by atoms with van der Waals surface area (Å²) in [6.45, 7) is 3.09. The third-order valence-corrected chi connectivity index (χ3v) is 5.23. The first-order chi connectivity index (χ1) is 10.8. The predicted molar refractivity (Wildman–Crippen MR) is 100 cm³/mol. The molecule has 3 rings (SSSR count). The highest BCUT2D eigenvalue weighted by Gasteiger charge is 2.14. The zero-order valence-corrected chi connectivity index (χ0v) is 14.9. The monoisotopic (exact) mass is 349 g/mol. The van der Waals surface area contributed by atoms with Crippen molar-refractivity contribution in [2.75, 3.05) is 19.6 Å². The maximum atomic E-state index is 10.2. The smallest absolute Gasteiger partial charge is 0.0894 e. The van der Waals surface area contributed by atoms with Crippen LogP contribution in [0.25, 0.3) is 0 Å². The summed E-state index contributed by atoms with van der Waals surface area (Å²) < 4.78 is 0. The van der Waals surface area contributed by atoms with Crippen LogP contribution in [0.2, 0.25) is 0 Å². The zero-order chi connectivity index (χ0) is 15.2. The standard InChI is InChI=1S/C19H23NOS.ClH/c21-18(19-7-4-14-22-19)10-13-20-11-8-17(9-12-20)15-16-5-2-1-3-6-16;/h1-8,14,18,21H,9-13,15H2;1H. The first-order valence-corrected chi connectivity index (χ1v) is 8.85. The summed E-state index contributed by atoms with van der Waals surface area (Å²) in [6.07, 6.45) is 5.10. The lowest BCUT2D eigenvalue weighted by molar-refractivity contribution is 0.147. The van der Waals surface area contributed by atoms with E-state index in [0.717, 1.165) is 43.8 Å². The first-order valence-electron chi connectivity index (χ1n) is 7.97. The molecule has 1 N–H and O–H groups in total.